The second-order valence-corrected chi connectivity index (χ2v) is 16.0. The van der Waals surface area contributed by atoms with Crippen molar-refractivity contribution >= 4 is 71.3 Å². The van der Waals surface area contributed by atoms with E-state index >= 15 is 0 Å². The van der Waals surface area contributed by atoms with Gasteiger partial charge in [0.15, 0.2) is 0 Å². The van der Waals surface area contributed by atoms with E-state index in [0.717, 1.165) is 44.6 Å². The Kier molecular flexibility index (Phi) is 8.53. The van der Waals surface area contributed by atoms with Crippen molar-refractivity contribution in [1.82, 2.24) is 0 Å². The molecule has 0 aliphatic heterocycles. The molecule has 2 nitrogen and oxygen atoms in total. The van der Waals surface area contributed by atoms with Crippen LogP contribution in [0.15, 0.2) is 241 Å². The largest absolute Gasteiger partial charge is 0.456 e. The molecule has 0 amide bonds. The number of para-hydroxylation sites is 1. The van der Waals surface area contributed by atoms with Crippen molar-refractivity contribution in [1.29, 1.82) is 0 Å². The maximum absolute atomic E-state index is 6.59. The molecule has 0 bridgehead atoms. The molecule has 0 unspecified atom stereocenters. The first kappa shape index (κ1) is 35.7. The van der Waals surface area contributed by atoms with Crippen LogP contribution in [0.1, 0.15) is 0 Å². The molecule has 2 heteroatoms. The van der Waals surface area contributed by atoms with Crippen LogP contribution < -0.4 is 4.90 Å². The van der Waals surface area contributed by atoms with Gasteiger partial charge < -0.3 is 9.32 Å². The molecule has 0 spiro atoms. The average Bonchev–Trinajstić information content (AvgIpc) is 3.74. The van der Waals surface area contributed by atoms with Crippen LogP contribution >= 0.6 is 0 Å². The summed E-state index contributed by atoms with van der Waals surface area (Å²) in [6.45, 7) is 0. The zero-order chi connectivity index (χ0) is 41.0. The van der Waals surface area contributed by atoms with Gasteiger partial charge in [0, 0.05) is 22.0 Å². The minimum Gasteiger partial charge on any atom is -0.456 e. The van der Waals surface area contributed by atoms with Crippen LogP contribution in [-0.2, 0) is 0 Å². The normalized spacial score (nSPS) is 11.5. The second-order valence-electron chi connectivity index (χ2n) is 16.0. The third-order valence-corrected chi connectivity index (χ3v) is 12.4. The SMILES string of the molecule is c1ccc(-c2cc(-c3ccccc3)cc(-c3ccc(N(c4c(-c5cccc6ccccc56)c5ccccc5c5ccccc45)c4cccc5oc6ccccc6c45)cc3)c2)cc1. The van der Waals surface area contributed by atoms with Gasteiger partial charge in [0.2, 0.25) is 0 Å². The monoisotopic (exact) mass is 789 g/mol. The highest BCUT2D eigenvalue weighted by Crippen LogP contribution is 2.52. The molecule has 1 heterocycles. The van der Waals surface area contributed by atoms with Crippen molar-refractivity contribution in [3.8, 4) is 44.5 Å². The summed E-state index contributed by atoms with van der Waals surface area (Å²) in [6.07, 6.45) is 0. The van der Waals surface area contributed by atoms with Gasteiger partial charge in [-0.3, -0.25) is 0 Å². The average molecular weight is 790 g/mol. The lowest BCUT2D eigenvalue weighted by atomic mass is 9.87. The Balaban J connectivity index is 1.16. The van der Waals surface area contributed by atoms with E-state index in [2.05, 4.69) is 235 Å². The van der Waals surface area contributed by atoms with Crippen LogP contribution in [0.5, 0.6) is 0 Å². The summed E-state index contributed by atoms with van der Waals surface area (Å²) in [5.41, 5.74) is 14.4. The number of nitrogens with zero attached hydrogens (tertiary/aromatic N) is 1. The topological polar surface area (TPSA) is 16.4 Å². The summed E-state index contributed by atoms with van der Waals surface area (Å²) in [5.74, 6) is 0. The van der Waals surface area contributed by atoms with Crippen molar-refractivity contribution in [2.24, 2.45) is 0 Å². The van der Waals surface area contributed by atoms with Crippen molar-refractivity contribution in [3.05, 3.63) is 237 Å². The Morgan fingerprint density at radius 2 is 0.790 bits per heavy atom. The molecular formula is C60H39NO. The number of hydrogen-bond acceptors (Lipinski definition) is 2. The minimum atomic E-state index is 0.855. The van der Waals surface area contributed by atoms with Crippen molar-refractivity contribution < 1.29 is 4.42 Å². The van der Waals surface area contributed by atoms with Gasteiger partial charge in [-0.05, 0) is 114 Å². The van der Waals surface area contributed by atoms with E-state index in [1.807, 2.05) is 6.07 Å². The fourth-order valence-electron chi connectivity index (χ4n) is 9.59. The minimum absolute atomic E-state index is 0.855. The molecule has 0 saturated carbocycles. The summed E-state index contributed by atoms with van der Waals surface area (Å²) in [7, 11) is 0. The van der Waals surface area contributed by atoms with E-state index in [4.69, 9.17) is 4.42 Å². The molecule has 0 aliphatic carbocycles. The molecule has 11 aromatic carbocycles. The van der Waals surface area contributed by atoms with Crippen LogP contribution in [0.3, 0.4) is 0 Å². The lowest BCUT2D eigenvalue weighted by molar-refractivity contribution is 0.669. The molecule has 0 saturated heterocycles. The molecule has 12 rings (SSSR count). The molecule has 12 aromatic rings. The standard InChI is InChI=1S/C60H39NO/c1-3-17-40(18-4-1)44-37-45(41-19-5-2-6-20-41)39-46(38-44)42-33-35-47(36-34-42)61(55-30-16-32-57-59(55)54-28-13-14-31-56(54)62-57)60-53-27-12-10-25-50(53)49-24-9-11-26-52(49)58(60)51-29-15-22-43-21-7-8-23-48(43)51/h1-39H. The molecule has 0 atom stereocenters. The van der Waals surface area contributed by atoms with Gasteiger partial charge in [-0.25, -0.2) is 0 Å². The summed E-state index contributed by atoms with van der Waals surface area (Å²) in [5, 5.41) is 9.40. The van der Waals surface area contributed by atoms with E-state index in [1.54, 1.807) is 0 Å². The van der Waals surface area contributed by atoms with Gasteiger partial charge in [0.05, 0.1) is 16.8 Å². The van der Waals surface area contributed by atoms with Gasteiger partial charge in [-0.15, -0.1) is 0 Å². The first-order valence-electron chi connectivity index (χ1n) is 21.3. The first-order chi connectivity index (χ1) is 30.8. The van der Waals surface area contributed by atoms with Gasteiger partial charge in [0.25, 0.3) is 0 Å². The number of furan rings is 1. The Labute approximate surface area is 360 Å². The Bertz CT molecular complexity index is 3560. The summed E-state index contributed by atoms with van der Waals surface area (Å²) < 4.78 is 6.59. The van der Waals surface area contributed by atoms with Crippen LogP contribution in [0.4, 0.5) is 17.1 Å². The molecule has 0 aliphatic rings. The highest BCUT2D eigenvalue weighted by Gasteiger charge is 2.27. The van der Waals surface area contributed by atoms with Crippen molar-refractivity contribution in [3.63, 3.8) is 0 Å². The summed E-state index contributed by atoms with van der Waals surface area (Å²) >= 11 is 0. The van der Waals surface area contributed by atoms with E-state index in [9.17, 15) is 0 Å². The Morgan fingerprint density at radius 1 is 0.306 bits per heavy atom. The number of anilines is 3. The maximum atomic E-state index is 6.59. The third-order valence-electron chi connectivity index (χ3n) is 12.4. The summed E-state index contributed by atoms with van der Waals surface area (Å²) in [4.78, 5) is 2.50. The molecule has 62 heavy (non-hydrogen) atoms. The molecule has 0 fully saturated rings. The van der Waals surface area contributed by atoms with E-state index < -0.39 is 0 Å². The fourth-order valence-corrected chi connectivity index (χ4v) is 9.59. The van der Waals surface area contributed by atoms with E-state index in [1.165, 1.54) is 71.3 Å². The number of rotatable bonds is 7. The predicted molar refractivity (Wildman–Crippen MR) is 263 cm³/mol. The Hall–Kier alpha value is -8.20. The molecular weight excluding hydrogens is 751 g/mol. The predicted octanol–water partition coefficient (Wildman–Crippen LogP) is 17.2. The molecule has 0 radical (unpaired) electrons. The van der Waals surface area contributed by atoms with Gasteiger partial charge in [0.1, 0.15) is 11.2 Å². The summed E-state index contributed by atoms with van der Waals surface area (Å²) in [6, 6.07) is 85.6. The first-order valence-corrected chi connectivity index (χ1v) is 21.3. The van der Waals surface area contributed by atoms with Gasteiger partial charge >= 0.3 is 0 Å². The lowest BCUT2D eigenvalue weighted by Crippen LogP contribution is -2.13. The van der Waals surface area contributed by atoms with Crippen LogP contribution in [0, 0.1) is 0 Å². The third kappa shape index (κ3) is 5.96. The van der Waals surface area contributed by atoms with Crippen LogP contribution in [-0.4, -0.2) is 0 Å². The number of fused-ring (bicyclic) bond motifs is 7. The zero-order valence-electron chi connectivity index (χ0n) is 33.9. The quantitative estimate of drug-likeness (QED) is 0.150. The van der Waals surface area contributed by atoms with Crippen molar-refractivity contribution in [2.75, 3.05) is 4.90 Å². The molecule has 290 valence electrons. The van der Waals surface area contributed by atoms with Crippen LogP contribution in [0.25, 0.3) is 98.8 Å². The fraction of sp³-hybridized carbons (Fsp3) is 0. The Morgan fingerprint density at radius 3 is 1.47 bits per heavy atom. The van der Waals surface area contributed by atoms with E-state index in [0.29, 0.717) is 0 Å². The molecule has 0 N–H and O–H groups in total. The second kappa shape index (κ2) is 14.8. The maximum Gasteiger partial charge on any atom is 0.137 e. The number of hydrogen-bond donors (Lipinski definition) is 0. The van der Waals surface area contributed by atoms with Crippen LogP contribution in [0.2, 0.25) is 0 Å². The van der Waals surface area contributed by atoms with E-state index in [-0.39, 0.29) is 0 Å². The highest BCUT2D eigenvalue weighted by atomic mass is 16.3. The zero-order valence-corrected chi connectivity index (χ0v) is 33.9. The lowest BCUT2D eigenvalue weighted by Gasteiger charge is -2.31. The molecule has 1 aromatic heterocycles. The van der Waals surface area contributed by atoms with Gasteiger partial charge in [-0.1, -0.05) is 188 Å². The van der Waals surface area contributed by atoms with Crippen molar-refractivity contribution in [2.45, 2.75) is 0 Å². The highest BCUT2D eigenvalue weighted by molar-refractivity contribution is 6.25. The number of benzene rings is 11. The van der Waals surface area contributed by atoms with Gasteiger partial charge in [-0.2, -0.15) is 0 Å². The smallest absolute Gasteiger partial charge is 0.137 e.